The first-order valence-electron chi connectivity index (χ1n) is 5.74. The Bertz CT molecular complexity index is 596. The molecule has 2 aromatic heterocycles. The van der Waals surface area contributed by atoms with E-state index in [0.717, 1.165) is 10.2 Å². The van der Waals surface area contributed by atoms with Crippen LogP contribution in [0.2, 0.25) is 0 Å². The Morgan fingerprint density at radius 1 is 1.58 bits per heavy atom. The third kappa shape index (κ3) is 3.54. The summed E-state index contributed by atoms with van der Waals surface area (Å²) in [4.78, 5) is 15.9. The summed E-state index contributed by atoms with van der Waals surface area (Å²) in [5.41, 5.74) is 6.97. The summed E-state index contributed by atoms with van der Waals surface area (Å²) in [6, 6.07) is 3.57. The number of carbonyl (C=O) groups is 1. The summed E-state index contributed by atoms with van der Waals surface area (Å²) in [6.07, 6.45) is 4.10. The van der Waals surface area contributed by atoms with Crippen LogP contribution in [0.3, 0.4) is 0 Å². The number of nitrogens with one attached hydrogen (secondary N) is 1. The molecule has 0 saturated carbocycles. The maximum atomic E-state index is 11.9. The number of nitrogen functional groups attached to an aromatic ring is 1. The summed E-state index contributed by atoms with van der Waals surface area (Å²) >= 11 is 3.26. The highest BCUT2D eigenvalue weighted by Gasteiger charge is 2.11. The summed E-state index contributed by atoms with van der Waals surface area (Å²) < 4.78 is 2.45. The van der Waals surface area contributed by atoms with Gasteiger partial charge in [-0.25, -0.2) is 4.98 Å². The lowest BCUT2D eigenvalue weighted by atomic mass is 10.2. The van der Waals surface area contributed by atoms with Crippen LogP contribution in [0.4, 0.5) is 5.82 Å². The molecule has 7 heteroatoms. The van der Waals surface area contributed by atoms with Gasteiger partial charge in [0.2, 0.25) is 0 Å². The number of nitrogens with two attached hydrogens (primary N) is 1. The lowest BCUT2D eigenvalue weighted by molar-refractivity contribution is 0.0954. The predicted octanol–water partition coefficient (Wildman–Crippen LogP) is 1.13. The van der Waals surface area contributed by atoms with Gasteiger partial charge in [-0.2, -0.15) is 5.10 Å². The first-order valence-corrected chi connectivity index (χ1v) is 6.53. The number of carbonyl (C=O) groups excluding carboxylic acids is 1. The molecule has 0 fully saturated rings. The van der Waals surface area contributed by atoms with E-state index in [1.165, 1.54) is 0 Å². The Balaban J connectivity index is 1.92. The molecule has 19 heavy (non-hydrogen) atoms. The van der Waals surface area contributed by atoms with Crippen molar-refractivity contribution in [2.75, 3.05) is 12.3 Å². The zero-order chi connectivity index (χ0) is 13.8. The largest absolute Gasteiger partial charge is 0.383 e. The third-order valence-electron chi connectivity index (χ3n) is 2.57. The Hall–Kier alpha value is -1.89. The predicted molar refractivity (Wildman–Crippen MR) is 75.6 cm³/mol. The second-order valence-corrected chi connectivity index (χ2v) is 4.99. The summed E-state index contributed by atoms with van der Waals surface area (Å²) in [7, 11) is 1.86. The maximum absolute atomic E-state index is 11.9. The summed E-state index contributed by atoms with van der Waals surface area (Å²) in [6.45, 7) is 0.502. The fourth-order valence-corrected chi connectivity index (χ4v) is 1.96. The van der Waals surface area contributed by atoms with Gasteiger partial charge in [-0.1, -0.05) is 0 Å². The normalized spacial score (nSPS) is 10.4. The molecule has 2 heterocycles. The first-order chi connectivity index (χ1) is 9.06. The average molecular weight is 324 g/mol. The van der Waals surface area contributed by atoms with E-state index in [2.05, 4.69) is 31.3 Å². The molecule has 6 nitrogen and oxygen atoms in total. The van der Waals surface area contributed by atoms with Gasteiger partial charge < -0.3 is 11.1 Å². The van der Waals surface area contributed by atoms with Crippen molar-refractivity contribution >= 4 is 27.7 Å². The van der Waals surface area contributed by atoms with Crippen molar-refractivity contribution < 1.29 is 4.79 Å². The number of anilines is 1. The minimum absolute atomic E-state index is 0.221. The zero-order valence-electron chi connectivity index (χ0n) is 10.4. The van der Waals surface area contributed by atoms with Crippen LogP contribution in [0.1, 0.15) is 16.1 Å². The monoisotopic (exact) mass is 323 g/mol. The lowest BCUT2D eigenvalue weighted by Gasteiger charge is -2.06. The van der Waals surface area contributed by atoms with E-state index in [-0.39, 0.29) is 11.7 Å². The van der Waals surface area contributed by atoms with Crippen molar-refractivity contribution in [1.82, 2.24) is 20.1 Å². The number of rotatable bonds is 4. The van der Waals surface area contributed by atoms with Crippen LogP contribution in [0.5, 0.6) is 0 Å². The van der Waals surface area contributed by atoms with Gasteiger partial charge in [0.25, 0.3) is 5.91 Å². The fraction of sp³-hybridized carbons (Fsp3) is 0.250. The Morgan fingerprint density at radius 2 is 2.37 bits per heavy atom. The molecule has 2 rings (SSSR count). The highest BCUT2D eigenvalue weighted by Crippen LogP contribution is 2.15. The minimum Gasteiger partial charge on any atom is -0.383 e. The minimum atomic E-state index is -0.234. The quantitative estimate of drug-likeness (QED) is 0.883. The molecule has 0 radical (unpaired) electrons. The molecule has 0 spiro atoms. The molecule has 3 N–H and O–H groups in total. The van der Waals surface area contributed by atoms with Crippen molar-refractivity contribution in [3.05, 3.63) is 40.3 Å². The molecule has 100 valence electrons. The van der Waals surface area contributed by atoms with Crippen LogP contribution >= 0.6 is 15.9 Å². The van der Waals surface area contributed by atoms with Gasteiger partial charge in [0.05, 0.1) is 11.3 Å². The van der Waals surface area contributed by atoms with Gasteiger partial charge in [0.15, 0.2) is 0 Å². The molecule has 0 unspecified atom stereocenters. The molecule has 0 saturated heterocycles. The number of aryl methyl sites for hydroxylation is 1. The van der Waals surface area contributed by atoms with Crippen LogP contribution in [0.25, 0.3) is 0 Å². The highest BCUT2D eigenvalue weighted by atomic mass is 79.9. The van der Waals surface area contributed by atoms with Gasteiger partial charge in [-0.15, -0.1) is 0 Å². The van der Waals surface area contributed by atoms with E-state index < -0.39 is 0 Å². The topological polar surface area (TPSA) is 85.8 Å². The number of hydrogen-bond donors (Lipinski definition) is 2. The van der Waals surface area contributed by atoms with Crippen LogP contribution in [-0.2, 0) is 13.5 Å². The van der Waals surface area contributed by atoms with Gasteiger partial charge >= 0.3 is 0 Å². The lowest BCUT2D eigenvalue weighted by Crippen LogP contribution is -2.27. The SMILES string of the molecule is Cn1ccc(CCNC(=O)c2cc(Br)cnc2N)n1. The molecule has 0 aliphatic rings. The van der Waals surface area contributed by atoms with E-state index in [1.807, 2.05) is 19.3 Å². The molecular weight excluding hydrogens is 310 g/mol. The number of halogens is 1. The van der Waals surface area contributed by atoms with Gasteiger partial charge in [-0.3, -0.25) is 9.48 Å². The second-order valence-electron chi connectivity index (χ2n) is 4.07. The maximum Gasteiger partial charge on any atom is 0.255 e. The van der Waals surface area contributed by atoms with Crippen LogP contribution in [0.15, 0.2) is 29.0 Å². The van der Waals surface area contributed by atoms with E-state index in [0.29, 0.717) is 18.5 Å². The van der Waals surface area contributed by atoms with Crippen molar-refractivity contribution in [3.8, 4) is 0 Å². The zero-order valence-corrected chi connectivity index (χ0v) is 12.0. The Labute approximate surface area is 119 Å². The third-order valence-corrected chi connectivity index (χ3v) is 3.00. The molecule has 1 amide bonds. The molecule has 0 aromatic carbocycles. The fourth-order valence-electron chi connectivity index (χ4n) is 1.63. The van der Waals surface area contributed by atoms with Crippen molar-refractivity contribution in [2.24, 2.45) is 7.05 Å². The standard InChI is InChI=1S/C12H14BrN5O/c1-18-5-3-9(17-18)2-4-15-12(19)10-6-8(13)7-16-11(10)14/h3,5-7H,2,4H2,1H3,(H2,14,16)(H,15,19). The van der Waals surface area contributed by atoms with Crippen LogP contribution < -0.4 is 11.1 Å². The van der Waals surface area contributed by atoms with Crippen molar-refractivity contribution in [1.29, 1.82) is 0 Å². The molecule has 0 bridgehead atoms. The van der Waals surface area contributed by atoms with Crippen molar-refractivity contribution in [2.45, 2.75) is 6.42 Å². The van der Waals surface area contributed by atoms with Crippen LogP contribution in [-0.4, -0.2) is 27.2 Å². The Kier molecular flexibility index (Phi) is 4.16. The van der Waals surface area contributed by atoms with Crippen LogP contribution in [0, 0.1) is 0 Å². The molecule has 0 atom stereocenters. The number of amides is 1. The molecule has 0 aliphatic carbocycles. The number of aromatic nitrogens is 3. The number of nitrogens with zero attached hydrogens (tertiary/aromatic N) is 3. The molecule has 0 aliphatic heterocycles. The van der Waals surface area contributed by atoms with Gasteiger partial charge in [0.1, 0.15) is 5.82 Å². The Morgan fingerprint density at radius 3 is 3.05 bits per heavy atom. The molecule has 2 aromatic rings. The first kappa shape index (κ1) is 13.5. The summed E-state index contributed by atoms with van der Waals surface area (Å²) in [5.74, 6) is -0.0132. The highest BCUT2D eigenvalue weighted by molar-refractivity contribution is 9.10. The van der Waals surface area contributed by atoms with E-state index in [1.54, 1.807) is 16.9 Å². The van der Waals surface area contributed by atoms with E-state index >= 15 is 0 Å². The van der Waals surface area contributed by atoms with E-state index in [9.17, 15) is 4.79 Å². The number of pyridine rings is 1. The summed E-state index contributed by atoms with van der Waals surface area (Å²) in [5, 5.41) is 7.03. The van der Waals surface area contributed by atoms with E-state index in [4.69, 9.17) is 5.73 Å². The van der Waals surface area contributed by atoms with Gasteiger partial charge in [0, 0.05) is 36.9 Å². The molecular formula is C12H14BrN5O. The smallest absolute Gasteiger partial charge is 0.255 e. The average Bonchev–Trinajstić information content (AvgIpc) is 2.78. The van der Waals surface area contributed by atoms with Crippen molar-refractivity contribution in [3.63, 3.8) is 0 Å². The second kappa shape index (κ2) is 5.83. The van der Waals surface area contributed by atoms with Gasteiger partial charge in [-0.05, 0) is 28.1 Å². The number of hydrogen-bond acceptors (Lipinski definition) is 4.